The van der Waals surface area contributed by atoms with Gasteiger partial charge in [0.1, 0.15) is 0 Å². The fourth-order valence-corrected chi connectivity index (χ4v) is 0.942. The van der Waals surface area contributed by atoms with Gasteiger partial charge < -0.3 is 9.22 Å². The van der Waals surface area contributed by atoms with Crippen LogP contribution in [0.15, 0.2) is 0 Å². The van der Waals surface area contributed by atoms with Crippen LogP contribution in [0.1, 0.15) is 41.0 Å². The van der Waals surface area contributed by atoms with Gasteiger partial charge in [0.2, 0.25) is 0 Å². The van der Waals surface area contributed by atoms with Crippen molar-refractivity contribution < 1.29 is 9.22 Å². The first kappa shape index (κ1) is 13.9. The van der Waals surface area contributed by atoms with Gasteiger partial charge in [-0.05, 0) is 34.6 Å². The van der Waals surface area contributed by atoms with Crippen LogP contribution in [0.25, 0.3) is 0 Å². The molecule has 0 aromatic carbocycles. The molecule has 0 aliphatic heterocycles. The van der Waals surface area contributed by atoms with Gasteiger partial charge in [-0.2, -0.15) is 0 Å². The van der Waals surface area contributed by atoms with E-state index in [1.54, 1.807) is 0 Å². The lowest BCUT2D eigenvalue weighted by atomic mass is 9.97. The quantitative estimate of drug-likeness (QED) is 0.637. The third kappa shape index (κ3) is 4.97. The standard InChI is InChI=1S/C12H28NO/c1-11(2,3)14-10-9-12(4,5)13(6,7)8/h9-10H2,1-8H3/q+1. The number of nitrogens with zero attached hydrogens (tertiary/aromatic N) is 1. The molecule has 0 fully saturated rings. The summed E-state index contributed by atoms with van der Waals surface area (Å²) in [4.78, 5) is 0. The minimum absolute atomic E-state index is 0.0129. The number of quaternary nitrogens is 1. The Morgan fingerprint density at radius 3 is 1.64 bits per heavy atom. The zero-order valence-corrected chi connectivity index (χ0v) is 11.3. The van der Waals surface area contributed by atoms with Crippen molar-refractivity contribution in [3.63, 3.8) is 0 Å². The number of hydrogen-bond donors (Lipinski definition) is 0. The predicted molar refractivity (Wildman–Crippen MR) is 62.4 cm³/mol. The molecule has 2 nitrogen and oxygen atoms in total. The predicted octanol–water partition coefficient (Wildman–Crippen LogP) is 2.68. The maximum absolute atomic E-state index is 5.75. The van der Waals surface area contributed by atoms with Crippen LogP contribution in [0.3, 0.4) is 0 Å². The Bertz CT molecular complexity index is 172. The van der Waals surface area contributed by atoms with Gasteiger partial charge in [0.25, 0.3) is 0 Å². The highest BCUT2D eigenvalue weighted by molar-refractivity contribution is 4.69. The Morgan fingerprint density at radius 1 is 0.929 bits per heavy atom. The fourth-order valence-electron chi connectivity index (χ4n) is 0.942. The lowest BCUT2D eigenvalue weighted by Gasteiger charge is -2.41. The second kappa shape index (κ2) is 4.19. The first-order chi connectivity index (χ1) is 5.96. The molecule has 0 bridgehead atoms. The van der Waals surface area contributed by atoms with E-state index >= 15 is 0 Å². The van der Waals surface area contributed by atoms with Crippen LogP contribution in [-0.4, -0.2) is 43.4 Å². The smallest absolute Gasteiger partial charge is 0.0951 e. The monoisotopic (exact) mass is 202 g/mol. The molecule has 0 atom stereocenters. The molecule has 0 heterocycles. The minimum atomic E-state index is -0.0129. The van der Waals surface area contributed by atoms with Crippen molar-refractivity contribution in [3.05, 3.63) is 0 Å². The summed E-state index contributed by atoms with van der Waals surface area (Å²) in [5, 5.41) is 0. The average Bonchev–Trinajstić information content (AvgIpc) is 1.80. The van der Waals surface area contributed by atoms with Gasteiger partial charge in [-0.25, -0.2) is 0 Å². The number of rotatable bonds is 4. The molecule has 0 aromatic heterocycles. The lowest BCUT2D eigenvalue weighted by molar-refractivity contribution is -0.920. The largest absolute Gasteiger partial charge is 0.376 e. The van der Waals surface area contributed by atoms with Crippen LogP contribution in [0, 0.1) is 0 Å². The molecule has 0 aromatic rings. The van der Waals surface area contributed by atoms with Crippen molar-refractivity contribution in [1.82, 2.24) is 0 Å². The highest BCUT2D eigenvalue weighted by atomic mass is 16.5. The molecule has 0 amide bonds. The molecule has 2 heteroatoms. The van der Waals surface area contributed by atoms with Crippen LogP contribution in [0.5, 0.6) is 0 Å². The van der Waals surface area contributed by atoms with E-state index in [1.165, 1.54) is 0 Å². The minimum Gasteiger partial charge on any atom is -0.376 e. The van der Waals surface area contributed by atoms with Crippen molar-refractivity contribution in [1.29, 1.82) is 0 Å². The van der Waals surface area contributed by atoms with E-state index < -0.39 is 0 Å². The van der Waals surface area contributed by atoms with Gasteiger partial charge in [0, 0.05) is 6.42 Å². The van der Waals surface area contributed by atoms with Gasteiger partial charge in [-0.3, -0.25) is 0 Å². The highest BCUT2D eigenvalue weighted by Gasteiger charge is 2.32. The first-order valence-electron chi connectivity index (χ1n) is 5.41. The molecule has 86 valence electrons. The molecule has 0 radical (unpaired) electrons. The van der Waals surface area contributed by atoms with Gasteiger partial charge in [-0.15, -0.1) is 0 Å². The van der Waals surface area contributed by atoms with E-state index in [4.69, 9.17) is 4.74 Å². The van der Waals surface area contributed by atoms with Crippen LogP contribution in [-0.2, 0) is 4.74 Å². The second-order valence-corrected chi connectivity index (χ2v) is 6.54. The highest BCUT2D eigenvalue weighted by Crippen LogP contribution is 2.22. The Labute approximate surface area is 89.8 Å². The third-order valence-corrected chi connectivity index (χ3v) is 3.06. The summed E-state index contributed by atoms with van der Waals surface area (Å²) in [6, 6.07) is 0. The summed E-state index contributed by atoms with van der Waals surface area (Å²) >= 11 is 0. The number of ether oxygens (including phenoxy) is 1. The lowest BCUT2D eigenvalue weighted by Crippen LogP contribution is -2.53. The maximum atomic E-state index is 5.75. The topological polar surface area (TPSA) is 9.23 Å². The molecule has 0 spiro atoms. The molecule has 0 N–H and O–H groups in total. The zero-order valence-electron chi connectivity index (χ0n) is 11.3. The van der Waals surface area contributed by atoms with Crippen LogP contribution < -0.4 is 0 Å². The summed E-state index contributed by atoms with van der Waals surface area (Å²) in [6.07, 6.45) is 1.09. The molecule has 0 saturated carbocycles. The SMILES string of the molecule is CC(C)(C)OCCC(C)(C)[N+](C)(C)C. The Kier molecular flexibility index (Phi) is 4.17. The van der Waals surface area contributed by atoms with Crippen molar-refractivity contribution in [2.24, 2.45) is 0 Å². The Balaban J connectivity index is 4.02. The van der Waals surface area contributed by atoms with Crippen molar-refractivity contribution in [2.45, 2.75) is 52.2 Å². The zero-order chi connectivity index (χ0) is 11.6. The normalized spacial score (nSPS) is 14.6. The summed E-state index contributed by atoms with van der Waals surface area (Å²) in [7, 11) is 6.70. The van der Waals surface area contributed by atoms with Crippen molar-refractivity contribution in [2.75, 3.05) is 27.7 Å². The fraction of sp³-hybridized carbons (Fsp3) is 1.00. The van der Waals surface area contributed by atoms with E-state index in [0.29, 0.717) is 0 Å². The summed E-state index contributed by atoms with van der Waals surface area (Å²) < 4.78 is 6.72. The van der Waals surface area contributed by atoms with Crippen LogP contribution >= 0.6 is 0 Å². The van der Waals surface area contributed by atoms with Crippen LogP contribution in [0.4, 0.5) is 0 Å². The molecule has 0 aliphatic rings. The van der Waals surface area contributed by atoms with Crippen LogP contribution in [0.2, 0.25) is 0 Å². The third-order valence-electron chi connectivity index (χ3n) is 3.06. The summed E-state index contributed by atoms with van der Waals surface area (Å²) in [5.41, 5.74) is 0.256. The summed E-state index contributed by atoms with van der Waals surface area (Å²) in [6.45, 7) is 11.7. The molecule has 0 saturated heterocycles. The van der Waals surface area contributed by atoms with E-state index in [0.717, 1.165) is 17.5 Å². The Hall–Kier alpha value is -0.0800. The van der Waals surface area contributed by atoms with Gasteiger partial charge >= 0.3 is 0 Å². The molecule has 0 unspecified atom stereocenters. The first-order valence-corrected chi connectivity index (χ1v) is 5.41. The molecular weight excluding hydrogens is 174 g/mol. The van der Waals surface area contributed by atoms with Gasteiger partial charge in [0.15, 0.2) is 0 Å². The van der Waals surface area contributed by atoms with Gasteiger partial charge in [-0.1, -0.05) is 0 Å². The molecule has 0 rings (SSSR count). The van der Waals surface area contributed by atoms with Gasteiger partial charge in [0.05, 0.1) is 38.9 Å². The second-order valence-electron chi connectivity index (χ2n) is 6.54. The molecular formula is C12H28NO+. The summed E-state index contributed by atoms with van der Waals surface area (Å²) in [5.74, 6) is 0. The van der Waals surface area contributed by atoms with E-state index in [9.17, 15) is 0 Å². The van der Waals surface area contributed by atoms with E-state index in [2.05, 4.69) is 55.8 Å². The van der Waals surface area contributed by atoms with E-state index in [-0.39, 0.29) is 11.1 Å². The van der Waals surface area contributed by atoms with Crippen molar-refractivity contribution in [3.8, 4) is 0 Å². The number of hydrogen-bond acceptors (Lipinski definition) is 1. The maximum Gasteiger partial charge on any atom is 0.0951 e. The van der Waals surface area contributed by atoms with Crippen molar-refractivity contribution >= 4 is 0 Å². The molecule has 14 heavy (non-hydrogen) atoms. The van der Waals surface area contributed by atoms with E-state index in [1.807, 2.05) is 0 Å². The Morgan fingerprint density at radius 2 is 1.36 bits per heavy atom. The average molecular weight is 202 g/mol. The molecule has 0 aliphatic carbocycles.